The highest BCUT2D eigenvalue weighted by Crippen LogP contribution is 2.54. The smallest absolute Gasteiger partial charge is 0.0149 e. The van der Waals surface area contributed by atoms with Crippen molar-refractivity contribution in [2.75, 3.05) is 0 Å². The van der Waals surface area contributed by atoms with E-state index in [4.69, 9.17) is 0 Å². The van der Waals surface area contributed by atoms with E-state index in [1.807, 2.05) is 0 Å². The third-order valence-electron chi connectivity index (χ3n) is 4.10. The van der Waals surface area contributed by atoms with Crippen LogP contribution in [0.1, 0.15) is 36.3 Å². The number of allylic oxidation sites excluding steroid dienone is 6. The van der Waals surface area contributed by atoms with Gasteiger partial charge < -0.3 is 0 Å². The van der Waals surface area contributed by atoms with Crippen molar-refractivity contribution in [2.45, 2.75) is 25.2 Å². The number of fused-ring (bicyclic) bond motifs is 3. The van der Waals surface area contributed by atoms with Crippen LogP contribution in [0, 0.1) is 0 Å². The Hall–Kier alpha value is -0.830. The number of halogens is 1. The first-order valence-corrected chi connectivity index (χ1v) is 7.31. The van der Waals surface area contributed by atoms with Crippen LogP contribution in [0.4, 0.5) is 0 Å². The molecule has 0 bridgehead atoms. The standard InChI is InChI=1S/C16H13I/c17-11-8-10-4-3-7-14-12-5-1-2-6-13(12)15(9-11)16(10)14/h1-2,5-8,15H,3-4,9H2. The molecular weight excluding hydrogens is 319 g/mol. The van der Waals surface area contributed by atoms with E-state index >= 15 is 0 Å². The molecule has 0 aromatic heterocycles. The summed E-state index contributed by atoms with van der Waals surface area (Å²) in [5, 5.41) is 0. The molecular formula is C16H13I. The molecule has 0 spiro atoms. The minimum atomic E-state index is 0.643. The van der Waals surface area contributed by atoms with Crippen molar-refractivity contribution in [1.29, 1.82) is 0 Å². The van der Waals surface area contributed by atoms with Crippen molar-refractivity contribution >= 4 is 28.2 Å². The summed E-state index contributed by atoms with van der Waals surface area (Å²) in [5.41, 5.74) is 7.81. The fourth-order valence-electron chi connectivity index (χ4n) is 3.46. The lowest BCUT2D eigenvalue weighted by Crippen LogP contribution is -2.06. The van der Waals surface area contributed by atoms with Crippen molar-refractivity contribution < 1.29 is 0 Å². The predicted octanol–water partition coefficient (Wildman–Crippen LogP) is 4.98. The van der Waals surface area contributed by atoms with Crippen molar-refractivity contribution in [1.82, 2.24) is 0 Å². The maximum atomic E-state index is 2.51. The van der Waals surface area contributed by atoms with Gasteiger partial charge in [-0.25, -0.2) is 0 Å². The van der Waals surface area contributed by atoms with Gasteiger partial charge in [0.2, 0.25) is 0 Å². The Balaban J connectivity index is 2.03. The number of hydrogen-bond acceptors (Lipinski definition) is 0. The largest absolute Gasteiger partial charge is 0.0760 e. The van der Waals surface area contributed by atoms with Gasteiger partial charge in [-0.3, -0.25) is 0 Å². The molecule has 3 aliphatic carbocycles. The number of benzene rings is 1. The topological polar surface area (TPSA) is 0 Å². The van der Waals surface area contributed by atoms with Crippen LogP contribution >= 0.6 is 22.6 Å². The molecule has 1 aromatic rings. The summed E-state index contributed by atoms with van der Waals surface area (Å²) >= 11 is 2.51. The Morgan fingerprint density at radius 1 is 1.18 bits per heavy atom. The first kappa shape index (κ1) is 10.1. The molecule has 17 heavy (non-hydrogen) atoms. The summed E-state index contributed by atoms with van der Waals surface area (Å²) in [5.74, 6) is 0.643. The molecule has 0 fully saturated rings. The van der Waals surface area contributed by atoms with Crippen LogP contribution in [0.25, 0.3) is 5.57 Å². The maximum Gasteiger partial charge on any atom is 0.0149 e. The monoisotopic (exact) mass is 332 g/mol. The van der Waals surface area contributed by atoms with Gasteiger partial charge >= 0.3 is 0 Å². The highest BCUT2D eigenvalue weighted by molar-refractivity contribution is 14.1. The van der Waals surface area contributed by atoms with Gasteiger partial charge in [0.15, 0.2) is 0 Å². The Morgan fingerprint density at radius 2 is 2.06 bits per heavy atom. The molecule has 0 aliphatic heterocycles. The number of hydrogen-bond donors (Lipinski definition) is 0. The highest BCUT2D eigenvalue weighted by atomic mass is 127. The molecule has 4 rings (SSSR count). The third-order valence-corrected chi connectivity index (χ3v) is 4.85. The Kier molecular flexibility index (Phi) is 2.13. The van der Waals surface area contributed by atoms with Gasteiger partial charge in [-0.15, -0.1) is 0 Å². The molecule has 0 amide bonds. The zero-order valence-corrected chi connectivity index (χ0v) is 11.7. The minimum Gasteiger partial charge on any atom is -0.0760 e. The van der Waals surface area contributed by atoms with Crippen LogP contribution in [0.15, 0.2) is 51.1 Å². The van der Waals surface area contributed by atoms with Crippen molar-refractivity contribution in [3.05, 3.63) is 62.3 Å². The maximum absolute atomic E-state index is 2.51. The minimum absolute atomic E-state index is 0.643. The van der Waals surface area contributed by atoms with Gasteiger partial charge in [-0.1, -0.05) is 30.3 Å². The second kappa shape index (κ2) is 3.58. The Morgan fingerprint density at radius 3 is 3.00 bits per heavy atom. The molecule has 0 N–H and O–H groups in total. The van der Waals surface area contributed by atoms with Gasteiger partial charge in [0.05, 0.1) is 0 Å². The summed E-state index contributed by atoms with van der Waals surface area (Å²) in [6, 6.07) is 8.97. The quantitative estimate of drug-likeness (QED) is 0.588. The van der Waals surface area contributed by atoms with E-state index in [1.54, 1.807) is 16.7 Å². The Labute approximate surface area is 115 Å². The van der Waals surface area contributed by atoms with Gasteiger partial charge in [0.1, 0.15) is 0 Å². The van der Waals surface area contributed by atoms with Gasteiger partial charge in [0, 0.05) is 5.92 Å². The lowest BCUT2D eigenvalue weighted by Gasteiger charge is -2.24. The Bertz CT molecular complexity index is 602. The average molecular weight is 332 g/mol. The first-order chi connectivity index (χ1) is 8.34. The van der Waals surface area contributed by atoms with E-state index < -0.39 is 0 Å². The average Bonchev–Trinajstić information content (AvgIpc) is 2.67. The molecule has 0 saturated heterocycles. The fourth-order valence-corrected chi connectivity index (χ4v) is 4.28. The van der Waals surface area contributed by atoms with Crippen LogP contribution in [0.2, 0.25) is 0 Å². The zero-order valence-electron chi connectivity index (χ0n) is 9.54. The van der Waals surface area contributed by atoms with Crippen LogP contribution < -0.4 is 0 Å². The predicted molar refractivity (Wildman–Crippen MR) is 80.1 cm³/mol. The first-order valence-electron chi connectivity index (χ1n) is 6.23. The molecule has 0 heterocycles. The molecule has 3 aliphatic rings. The summed E-state index contributed by atoms with van der Waals surface area (Å²) in [7, 11) is 0. The van der Waals surface area contributed by atoms with E-state index in [-0.39, 0.29) is 0 Å². The van der Waals surface area contributed by atoms with Crippen LogP contribution in [0.3, 0.4) is 0 Å². The molecule has 1 aromatic carbocycles. The van der Waals surface area contributed by atoms with Gasteiger partial charge in [-0.05, 0) is 79.4 Å². The van der Waals surface area contributed by atoms with E-state index in [0.29, 0.717) is 5.92 Å². The van der Waals surface area contributed by atoms with Crippen LogP contribution in [0.5, 0.6) is 0 Å². The second-order valence-electron chi connectivity index (χ2n) is 5.03. The van der Waals surface area contributed by atoms with E-state index in [1.165, 1.54) is 34.0 Å². The second-order valence-corrected chi connectivity index (χ2v) is 6.42. The zero-order chi connectivity index (χ0) is 11.4. The normalized spacial score (nSPS) is 25.1. The van der Waals surface area contributed by atoms with Crippen LogP contribution in [-0.2, 0) is 0 Å². The number of rotatable bonds is 0. The van der Waals surface area contributed by atoms with E-state index in [2.05, 4.69) is 59.0 Å². The van der Waals surface area contributed by atoms with Crippen LogP contribution in [-0.4, -0.2) is 0 Å². The SMILES string of the molecule is IC1=CC2=C3C(=CCC2)c2ccccc2C3C1. The van der Waals surface area contributed by atoms with E-state index in [9.17, 15) is 0 Å². The van der Waals surface area contributed by atoms with Gasteiger partial charge in [0.25, 0.3) is 0 Å². The lowest BCUT2D eigenvalue weighted by molar-refractivity contribution is 0.803. The van der Waals surface area contributed by atoms with E-state index in [0.717, 1.165) is 0 Å². The fraction of sp³-hybridized carbons (Fsp3) is 0.250. The van der Waals surface area contributed by atoms with Crippen molar-refractivity contribution in [2.24, 2.45) is 0 Å². The lowest BCUT2D eigenvalue weighted by atomic mass is 9.81. The highest BCUT2D eigenvalue weighted by Gasteiger charge is 2.36. The third kappa shape index (κ3) is 1.35. The molecule has 1 unspecified atom stereocenters. The summed E-state index contributed by atoms with van der Waals surface area (Å²) in [4.78, 5) is 0. The molecule has 0 saturated carbocycles. The molecule has 1 heteroatoms. The van der Waals surface area contributed by atoms with Crippen molar-refractivity contribution in [3.63, 3.8) is 0 Å². The summed E-state index contributed by atoms with van der Waals surface area (Å²) < 4.78 is 1.52. The molecule has 84 valence electrons. The molecule has 0 radical (unpaired) electrons. The molecule has 1 atom stereocenters. The summed E-state index contributed by atoms with van der Waals surface area (Å²) in [6.07, 6.45) is 8.51. The molecule has 0 nitrogen and oxygen atoms in total. The van der Waals surface area contributed by atoms with Crippen molar-refractivity contribution in [3.8, 4) is 0 Å². The summed E-state index contributed by atoms with van der Waals surface area (Å²) in [6.45, 7) is 0. The van der Waals surface area contributed by atoms with Gasteiger partial charge in [-0.2, -0.15) is 0 Å².